The van der Waals surface area contributed by atoms with Gasteiger partial charge in [-0.3, -0.25) is 0 Å². The zero-order valence-corrected chi connectivity index (χ0v) is 13.1. The summed E-state index contributed by atoms with van der Waals surface area (Å²) in [5, 5.41) is 0.820. The molecule has 0 bridgehead atoms. The molecular formula is C13H18Br2O. The van der Waals surface area contributed by atoms with E-state index in [9.17, 15) is 0 Å². The molecule has 0 N–H and O–H groups in total. The molecule has 0 fully saturated rings. The van der Waals surface area contributed by atoms with E-state index >= 15 is 0 Å². The average Bonchev–Trinajstić information content (AvgIpc) is 2.25. The van der Waals surface area contributed by atoms with Crippen LogP contribution in [0, 0.1) is 5.92 Å². The molecule has 0 saturated heterocycles. The number of ether oxygens (including phenoxy) is 1. The van der Waals surface area contributed by atoms with Crippen LogP contribution < -0.4 is 0 Å². The van der Waals surface area contributed by atoms with E-state index in [4.69, 9.17) is 4.74 Å². The van der Waals surface area contributed by atoms with Gasteiger partial charge in [-0.15, -0.1) is 0 Å². The van der Waals surface area contributed by atoms with Gasteiger partial charge in [0.25, 0.3) is 0 Å². The van der Waals surface area contributed by atoms with Gasteiger partial charge in [0.05, 0.1) is 12.2 Å². The first-order valence-corrected chi connectivity index (χ1v) is 7.43. The second-order valence-electron chi connectivity index (χ2n) is 4.28. The molecule has 1 rings (SSSR count). The number of halogens is 2. The van der Waals surface area contributed by atoms with Gasteiger partial charge in [-0.1, -0.05) is 57.8 Å². The SMILES string of the molecule is CC(C)C(C)OC(CBr)c1cccc(Br)c1. The summed E-state index contributed by atoms with van der Waals surface area (Å²) in [5.74, 6) is 0.536. The van der Waals surface area contributed by atoms with Gasteiger partial charge in [0.2, 0.25) is 0 Å². The average molecular weight is 350 g/mol. The molecule has 1 aromatic rings. The van der Waals surface area contributed by atoms with Crippen molar-refractivity contribution in [2.45, 2.75) is 33.0 Å². The quantitative estimate of drug-likeness (QED) is 0.683. The van der Waals surface area contributed by atoms with Gasteiger partial charge in [0, 0.05) is 9.80 Å². The molecule has 0 amide bonds. The number of hydrogen-bond donors (Lipinski definition) is 0. The van der Waals surface area contributed by atoms with Crippen LogP contribution in [0.1, 0.15) is 32.4 Å². The third-order valence-electron chi connectivity index (χ3n) is 2.68. The zero-order valence-electron chi connectivity index (χ0n) is 9.91. The first-order chi connectivity index (χ1) is 7.54. The molecule has 0 radical (unpaired) electrons. The summed E-state index contributed by atoms with van der Waals surface area (Å²) in [6.45, 7) is 6.48. The smallest absolute Gasteiger partial charge is 0.0925 e. The van der Waals surface area contributed by atoms with Crippen molar-refractivity contribution in [2.75, 3.05) is 5.33 Å². The first kappa shape index (κ1) is 14.2. The number of alkyl halides is 1. The minimum atomic E-state index is 0.120. The zero-order chi connectivity index (χ0) is 12.1. The van der Waals surface area contributed by atoms with E-state index in [2.05, 4.69) is 64.8 Å². The molecule has 0 spiro atoms. The topological polar surface area (TPSA) is 9.23 Å². The van der Waals surface area contributed by atoms with E-state index in [-0.39, 0.29) is 12.2 Å². The van der Waals surface area contributed by atoms with Gasteiger partial charge >= 0.3 is 0 Å². The van der Waals surface area contributed by atoms with Gasteiger partial charge in [-0.05, 0) is 30.5 Å². The maximum atomic E-state index is 6.03. The Bertz CT molecular complexity index is 325. The van der Waals surface area contributed by atoms with Crippen LogP contribution in [0.15, 0.2) is 28.7 Å². The molecule has 0 aliphatic heterocycles. The van der Waals surface area contributed by atoms with Gasteiger partial charge in [0.15, 0.2) is 0 Å². The van der Waals surface area contributed by atoms with Crippen molar-refractivity contribution in [3.05, 3.63) is 34.3 Å². The Morgan fingerprint density at radius 2 is 1.94 bits per heavy atom. The summed E-state index contributed by atoms with van der Waals surface area (Å²) < 4.78 is 7.13. The van der Waals surface area contributed by atoms with Crippen molar-refractivity contribution in [2.24, 2.45) is 5.92 Å². The van der Waals surface area contributed by atoms with Crippen LogP contribution in [0.3, 0.4) is 0 Å². The minimum Gasteiger partial charge on any atom is -0.369 e. The maximum Gasteiger partial charge on any atom is 0.0925 e. The van der Waals surface area contributed by atoms with Crippen LogP contribution in [0.4, 0.5) is 0 Å². The molecule has 0 aromatic heterocycles. The van der Waals surface area contributed by atoms with Gasteiger partial charge in [-0.25, -0.2) is 0 Å². The Morgan fingerprint density at radius 3 is 2.44 bits per heavy atom. The third kappa shape index (κ3) is 4.19. The summed E-state index contributed by atoms with van der Waals surface area (Å²) in [6.07, 6.45) is 0.386. The number of benzene rings is 1. The molecule has 0 saturated carbocycles. The highest BCUT2D eigenvalue weighted by molar-refractivity contribution is 9.10. The van der Waals surface area contributed by atoms with E-state index < -0.39 is 0 Å². The molecule has 2 atom stereocenters. The van der Waals surface area contributed by atoms with Crippen molar-refractivity contribution >= 4 is 31.9 Å². The lowest BCUT2D eigenvalue weighted by Crippen LogP contribution is -2.19. The molecule has 3 heteroatoms. The van der Waals surface area contributed by atoms with E-state index in [0.29, 0.717) is 5.92 Å². The molecule has 0 aliphatic carbocycles. The van der Waals surface area contributed by atoms with Crippen LogP contribution in [-0.4, -0.2) is 11.4 Å². The predicted octanol–water partition coefficient (Wildman–Crippen LogP) is 4.95. The first-order valence-electron chi connectivity index (χ1n) is 5.51. The van der Waals surface area contributed by atoms with Crippen LogP contribution in [0.2, 0.25) is 0 Å². The second kappa shape index (κ2) is 6.77. The van der Waals surface area contributed by atoms with Gasteiger partial charge in [0.1, 0.15) is 0 Å². The molecule has 16 heavy (non-hydrogen) atoms. The van der Waals surface area contributed by atoms with E-state index in [0.717, 1.165) is 9.80 Å². The Hall–Kier alpha value is 0.140. The summed E-state index contributed by atoms with van der Waals surface area (Å²) in [5.41, 5.74) is 1.21. The summed E-state index contributed by atoms with van der Waals surface area (Å²) >= 11 is 7.00. The normalized spacial score (nSPS) is 15.1. The van der Waals surface area contributed by atoms with Crippen molar-refractivity contribution in [3.8, 4) is 0 Å². The Morgan fingerprint density at radius 1 is 1.25 bits per heavy atom. The highest BCUT2D eigenvalue weighted by atomic mass is 79.9. The van der Waals surface area contributed by atoms with Crippen molar-refractivity contribution in [1.29, 1.82) is 0 Å². The van der Waals surface area contributed by atoms with Crippen molar-refractivity contribution in [1.82, 2.24) is 0 Å². The fourth-order valence-electron chi connectivity index (χ4n) is 1.33. The summed E-state index contributed by atoms with van der Waals surface area (Å²) in [6, 6.07) is 8.28. The fourth-order valence-corrected chi connectivity index (χ4v) is 2.27. The summed E-state index contributed by atoms with van der Waals surface area (Å²) in [4.78, 5) is 0. The molecule has 1 aromatic carbocycles. The lowest BCUT2D eigenvalue weighted by molar-refractivity contribution is -0.0142. The maximum absolute atomic E-state index is 6.03. The molecule has 90 valence electrons. The standard InChI is InChI=1S/C13H18Br2O/c1-9(2)10(3)16-13(8-14)11-5-4-6-12(15)7-11/h4-7,9-10,13H,8H2,1-3H3. The predicted molar refractivity (Wildman–Crippen MR) is 76.1 cm³/mol. The van der Waals surface area contributed by atoms with Crippen molar-refractivity contribution < 1.29 is 4.74 Å². The monoisotopic (exact) mass is 348 g/mol. The Kier molecular flexibility index (Phi) is 6.01. The van der Waals surface area contributed by atoms with Crippen LogP contribution >= 0.6 is 31.9 Å². The molecule has 0 aliphatic rings. The van der Waals surface area contributed by atoms with Crippen molar-refractivity contribution in [3.63, 3.8) is 0 Å². The summed E-state index contributed by atoms with van der Waals surface area (Å²) in [7, 11) is 0. The second-order valence-corrected chi connectivity index (χ2v) is 5.85. The molecule has 2 unspecified atom stereocenters. The van der Waals surface area contributed by atoms with E-state index in [1.165, 1.54) is 5.56 Å². The minimum absolute atomic E-state index is 0.120. The van der Waals surface area contributed by atoms with Crippen LogP contribution in [0.25, 0.3) is 0 Å². The van der Waals surface area contributed by atoms with Crippen LogP contribution in [0.5, 0.6) is 0 Å². The highest BCUT2D eigenvalue weighted by Crippen LogP contribution is 2.25. The number of rotatable bonds is 5. The molecular weight excluding hydrogens is 332 g/mol. The number of hydrogen-bond acceptors (Lipinski definition) is 1. The lowest BCUT2D eigenvalue weighted by Gasteiger charge is -2.23. The molecule has 1 nitrogen and oxygen atoms in total. The molecule has 0 heterocycles. The fraction of sp³-hybridized carbons (Fsp3) is 0.538. The van der Waals surface area contributed by atoms with Crippen LogP contribution in [-0.2, 0) is 4.74 Å². The van der Waals surface area contributed by atoms with Gasteiger partial charge < -0.3 is 4.74 Å². The third-order valence-corrected chi connectivity index (χ3v) is 3.76. The van der Waals surface area contributed by atoms with E-state index in [1.54, 1.807) is 0 Å². The Labute approximate surface area is 115 Å². The largest absolute Gasteiger partial charge is 0.369 e. The Balaban J connectivity index is 2.74. The lowest BCUT2D eigenvalue weighted by atomic mass is 10.1. The highest BCUT2D eigenvalue weighted by Gasteiger charge is 2.16. The van der Waals surface area contributed by atoms with Gasteiger partial charge in [-0.2, -0.15) is 0 Å². The van der Waals surface area contributed by atoms with E-state index in [1.807, 2.05) is 12.1 Å².